The number of benzene rings is 1. The molecule has 0 saturated heterocycles. The van der Waals surface area contributed by atoms with Crippen molar-refractivity contribution in [3.05, 3.63) is 35.4 Å². The van der Waals surface area contributed by atoms with Crippen molar-refractivity contribution < 1.29 is 4.79 Å². The van der Waals surface area contributed by atoms with E-state index in [1.165, 1.54) is 0 Å². The largest absolute Gasteiger partial charge is 0.338 e. The van der Waals surface area contributed by atoms with Crippen LogP contribution in [0.3, 0.4) is 0 Å². The molecule has 0 fully saturated rings. The number of hydrogen-bond donors (Lipinski definition) is 1. The molecular formula is C15H24N2O. The minimum absolute atomic E-state index is 0.0565. The summed E-state index contributed by atoms with van der Waals surface area (Å²) in [5.41, 5.74) is 7.37. The van der Waals surface area contributed by atoms with Gasteiger partial charge in [0.1, 0.15) is 0 Å². The van der Waals surface area contributed by atoms with Crippen molar-refractivity contribution in [3.8, 4) is 0 Å². The standard InChI is InChI=1S/C15H24N2O/c1-11(15(2,3)4)17(5)14(18)13-8-6-12(10-16)7-9-13/h6-9,11H,10,16H2,1-5H3. The summed E-state index contributed by atoms with van der Waals surface area (Å²) >= 11 is 0. The van der Waals surface area contributed by atoms with Gasteiger partial charge in [0, 0.05) is 25.2 Å². The first-order valence-electron chi connectivity index (χ1n) is 6.33. The van der Waals surface area contributed by atoms with Gasteiger partial charge in [0.15, 0.2) is 0 Å². The Morgan fingerprint density at radius 3 is 2.17 bits per heavy atom. The average molecular weight is 248 g/mol. The number of nitrogens with two attached hydrogens (primary N) is 1. The van der Waals surface area contributed by atoms with Gasteiger partial charge in [-0.2, -0.15) is 0 Å². The van der Waals surface area contributed by atoms with E-state index >= 15 is 0 Å². The van der Waals surface area contributed by atoms with E-state index in [9.17, 15) is 4.79 Å². The maximum Gasteiger partial charge on any atom is 0.253 e. The Bertz CT molecular complexity index is 403. The lowest BCUT2D eigenvalue weighted by Gasteiger charge is -2.35. The fourth-order valence-electron chi connectivity index (χ4n) is 1.74. The van der Waals surface area contributed by atoms with Crippen LogP contribution in [-0.2, 0) is 6.54 Å². The van der Waals surface area contributed by atoms with Gasteiger partial charge in [-0.3, -0.25) is 4.79 Å². The van der Waals surface area contributed by atoms with E-state index in [4.69, 9.17) is 5.73 Å². The first kappa shape index (κ1) is 14.7. The van der Waals surface area contributed by atoms with Gasteiger partial charge in [-0.25, -0.2) is 0 Å². The highest BCUT2D eigenvalue weighted by Crippen LogP contribution is 2.24. The van der Waals surface area contributed by atoms with E-state index in [1.807, 2.05) is 31.3 Å². The lowest BCUT2D eigenvalue weighted by atomic mass is 9.87. The van der Waals surface area contributed by atoms with Crippen molar-refractivity contribution in [2.75, 3.05) is 7.05 Å². The van der Waals surface area contributed by atoms with Crippen LogP contribution in [0.15, 0.2) is 24.3 Å². The molecule has 0 aliphatic rings. The van der Waals surface area contributed by atoms with Gasteiger partial charge >= 0.3 is 0 Å². The maximum atomic E-state index is 12.3. The summed E-state index contributed by atoms with van der Waals surface area (Å²) in [6.45, 7) is 8.99. The van der Waals surface area contributed by atoms with Crippen molar-refractivity contribution >= 4 is 5.91 Å². The summed E-state index contributed by atoms with van der Waals surface area (Å²) in [5.74, 6) is 0.0565. The van der Waals surface area contributed by atoms with E-state index in [2.05, 4.69) is 27.7 Å². The Kier molecular flexibility index (Phi) is 4.52. The number of hydrogen-bond acceptors (Lipinski definition) is 2. The third-order valence-electron chi connectivity index (χ3n) is 3.59. The summed E-state index contributed by atoms with van der Waals surface area (Å²) < 4.78 is 0. The van der Waals surface area contributed by atoms with Crippen molar-refractivity contribution in [2.24, 2.45) is 11.1 Å². The number of nitrogens with zero attached hydrogens (tertiary/aromatic N) is 1. The van der Waals surface area contributed by atoms with Crippen LogP contribution in [0.4, 0.5) is 0 Å². The molecule has 3 heteroatoms. The fraction of sp³-hybridized carbons (Fsp3) is 0.533. The van der Waals surface area contributed by atoms with Crippen LogP contribution < -0.4 is 5.73 Å². The molecule has 1 unspecified atom stereocenters. The topological polar surface area (TPSA) is 46.3 Å². The average Bonchev–Trinajstić information content (AvgIpc) is 2.35. The highest BCUT2D eigenvalue weighted by Gasteiger charge is 2.27. The summed E-state index contributed by atoms with van der Waals surface area (Å²) in [6.07, 6.45) is 0. The molecule has 0 radical (unpaired) electrons. The quantitative estimate of drug-likeness (QED) is 0.894. The first-order valence-corrected chi connectivity index (χ1v) is 6.33. The zero-order valence-corrected chi connectivity index (χ0v) is 12.0. The minimum atomic E-state index is 0.0565. The molecule has 0 bridgehead atoms. The molecule has 0 aliphatic carbocycles. The molecule has 3 nitrogen and oxygen atoms in total. The molecule has 0 saturated carbocycles. The normalized spacial score (nSPS) is 13.2. The van der Waals surface area contributed by atoms with Crippen LogP contribution in [0.25, 0.3) is 0 Å². The minimum Gasteiger partial charge on any atom is -0.338 e. The number of carbonyl (C=O) groups is 1. The van der Waals surface area contributed by atoms with Gasteiger partial charge < -0.3 is 10.6 Å². The van der Waals surface area contributed by atoms with Gasteiger partial charge in [0.2, 0.25) is 0 Å². The van der Waals surface area contributed by atoms with Crippen LogP contribution in [0.2, 0.25) is 0 Å². The predicted molar refractivity (Wildman–Crippen MR) is 75.3 cm³/mol. The van der Waals surface area contributed by atoms with Gasteiger partial charge in [0.05, 0.1) is 0 Å². The maximum absolute atomic E-state index is 12.3. The van der Waals surface area contributed by atoms with Crippen LogP contribution in [0.1, 0.15) is 43.6 Å². The van der Waals surface area contributed by atoms with E-state index in [0.717, 1.165) is 5.56 Å². The lowest BCUT2D eigenvalue weighted by molar-refractivity contribution is 0.0629. The van der Waals surface area contributed by atoms with E-state index in [0.29, 0.717) is 12.1 Å². The smallest absolute Gasteiger partial charge is 0.253 e. The number of rotatable bonds is 3. The highest BCUT2D eigenvalue weighted by molar-refractivity contribution is 5.94. The monoisotopic (exact) mass is 248 g/mol. The Morgan fingerprint density at radius 2 is 1.78 bits per heavy atom. The molecule has 18 heavy (non-hydrogen) atoms. The van der Waals surface area contributed by atoms with E-state index in [1.54, 1.807) is 4.90 Å². The SMILES string of the molecule is CC(N(C)C(=O)c1ccc(CN)cc1)C(C)(C)C. The third kappa shape index (κ3) is 3.33. The second-order valence-corrected chi connectivity index (χ2v) is 5.86. The molecule has 1 atom stereocenters. The molecule has 0 aromatic heterocycles. The number of amides is 1. The fourth-order valence-corrected chi connectivity index (χ4v) is 1.74. The summed E-state index contributed by atoms with van der Waals surface area (Å²) in [5, 5.41) is 0. The summed E-state index contributed by atoms with van der Waals surface area (Å²) in [7, 11) is 1.86. The summed E-state index contributed by atoms with van der Waals surface area (Å²) in [6, 6.07) is 7.68. The summed E-state index contributed by atoms with van der Waals surface area (Å²) in [4.78, 5) is 14.1. The van der Waals surface area contributed by atoms with Gasteiger partial charge in [-0.15, -0.1) is 0 Å². The lowest BCUT2D eigenvalue weighted by Crippen LogP contribution is -2.42. The zero-order valence-electron chi connectivity index (χ0n) is 12.0. The Labute approximate surface area is 110 Å². The molecule has 1 aromatic rings. The zero-order chi connectivity index (χ0) is 13.9. The molecule has 1 rings (SSSR count). The molecule has 0 aliphatic heterocycles. The molecule has 1 amide bonds. The van der Waals surface area contributed by atoms with Crippen LogP contribution >= 0.6 is 0 Å². The van der Waals surface area contributed by atoms with Crippen molar-refractivity contribution in [1.82, 2.24) is 4.90 Å². The third-order valence-corrected chi connectivity index (χ3v) is 3.59. The molecular weight excluding hydrogens is 224 g/mol. The van der Waals surface area contributed by atoms with Gasteiger partial charge in [-0.1, -0.05) is 32.9 Å². The first-order chi connectivity index (χ1) is 8.27. The van der Waals surface area contributed by atoms with E-state index in [-0.39, 0.29) is 17.4 Å². The second-order valence-electron chi connectivity index (χ2n) is 5.86. The Balaban J connectivity index is 2.86. The molecule has 0 heterocycles. The molecule has 0 spiro atoms. The molecule has 2 N–H and O–H groups in total. The van der Waals surface area contributed by atoms with Gasteiger partial charge in [-0.05, 0) is 30.0 Å². The Morgan fingerprint density at radius 1 is 1.28 bits per heavy atom. The van der Waals surface area contributed by atoms with Crippen molar-refractivity contribution in [1.29, 1.82) is 0 Å². The van der Waals surface area contributed by atoms with Crippen LogP contribution in [0.5, 0.6) is 0 Å². The van der Waals surface area contributed by atoms with Crippen molar-refractivity contribution in [2.45, 2.75) is 40.3 Å². The van der Waals surface area contributed by atoms with E-state index < -0.39 is 0 Å². The second kappa shape index (κ2) is 5.53. The Hall–Kier alpha value is -1.35. The number of carbonyl (C=O) groups excluding carboxylic acids is 1. The van der Waals surface area contributed by atoms with Crippen LogP contribution in [-0.4, -0.2) is 23.9 Å². The molecule has 1 aromatic carbocycles. The predicted octanol–water partition coefficient (Wildman–Crippen LogP) is 2.65. The van der Waals surface area contributed by atoms with Crippen molar-refractivity contribution in [3.63, 3.8) is 0 Å². The van der Waals surface area contributed by atoms with Crippen LogP contribution in [0, 0.1) is 5.41 Å². The van der Waals surface area contributed by atoms with Gasteiger partial charge in [0.25, 0.3) is 5.91 Å². The highest BCUT2D eigenvalue weighted by atomic mass is 16.2. The molecule has 100 valence electrons.